The van der Waals surface area contributed by atoms with Crippen molar-refractivity contribution in [3.8, 4) is 5.75 Å². The second kappa shape index (κ2) is 5.57. The molecule has 2 aromatic rings. The summed E-state index contributed by atoms with van der Waals surface area (Å²) < 4.78 is 11.1. The quantitative estimate of drug-likeness (QED) is 0.874. The first kappa shape index (κ1) is 14.6. The van der Waals surface area contributed by atoms with Crippen molar-refractivity contribution in [2.24, 2.45) is 0 Å². The van der Waals surface area contributed by atoms with Gasteiger partial charge in [-0.15, -0.1) is 0 Å². The van der Waals surface area contributed by atoms with E-state index >= 15 is 0 Å². The van der Waals surface area contributed by atoms with Crippen LogP contribution in [0.25, 0.3) is 11.0 Å². The lowest BCUT2D eigenvalue weighted by molar-refractivity contribution is 0.0627. The van der Waals surface area contributed by atoms with Gasteiger partial charge in [-0.1, -0.05) is 0 Å². The van der Waals surface area contributed by atoms with Crippen LogP contribution < -0.4 is 4.74 Å². The molecule has 1 saturated heterocycles. The predicted molar refractivity (Wildman–Crippen MR) is 88.0 cm³/mol. The van der Waals surface area contributed by atoms with Gasteiger partial charge in [0.2, 0.25) is 0 Å². The SMILES string of the molecule is COc1ccc2oc(C)c(C(=O)N3CCN(C4CC4)CC3)c2c1. The van der Waals surface area contributed by atoms with Crippen molar-refractivity contribution in [1.82, 2.24) is 9.80 Å². The van der Waals surface area contributed by atoms with Gasteiger partial charge in [0.25, 0.3) is 5.91 Å². The molecule has 2 aliphatic rings. The minimum Gasteiger partial charge on any atom is -0.497 e. The number of benzene rings is 1. The number of carbonyl (C=O) groups excluding carboxylic acids is 1. The van der Waals surface area contributed by atoms with Gasteiger partial charge < -0.3 is 14.1 Å². The molecule has 5 nitrogen and oxygen atoms in total. The minimum absolute atomic E-state index is 0.0740. The van der Waals surface area contributed by atoms with E-state index in [1.165, 1.54) is 12.8 Å². The summed E-state index contributed by atoms with van der Waals surface area (Å²) in [5.41, 5.74) is 1.42. The fourth-order valence-electron chi connectivity index (χ4n) is 3.48. The van der Waals surface area contributed by atoms with Crippen molar-refractivity contribution in [3.63, 3.8) is 0 Å². The second-order valence-electron chi connectivity index (χ2n) is 6.45. The largest absolute Gasteiger partial charge is 0.497 e. The average molecular weight is 314 g/mol. The van der Waals surface area contributed by atoms with E-state index in [0.29, 0.717) is 11.3 Å². The fourth-order valence-corrected chi connectivity index (χ4v) is 3.48. The molecule has 5 heteroatoms. The van der Waals surface area contributed by atoms with Gasteiger partial charge in [-0.25, -0.2) is 0 Å². The van der Waals surface area contributed by atoms with E-state index in [1.54, 1.807) is 7.11 Å². The van der Waals surface area contributed by atoms with E-state index < -0.39 is 0 Å². The first-order chi connectivity index (χ1) is 11.2. The molecular formula is C18H22N2O3. The number of fused-ring (bicyclic) bond motifs is 1. The zero-order chi connectivity index (χ0) is 16.0. The van der Waals surface area contributed by atoms with Crippen molar-refractivity contribution in [2.45, 2.75) is 25.8 Å². The lowest BCUT2D eigenvalue weighted by atomic mass is 10.1. The Morgan fingerprint density at radius 2 is 1.96 bits per heavy atom. The Balaban J connectivity index is 1.60. The summed E-state index contributed by atoms with van der Waals surface area (Å²) in [5.74, 6) is 1.50. The number of rotatable bonds is 3. The molecule has 0 bridgehead atoms. The number of carbonyl (C=O) groups is 1. The van der Waals surface area contributed by atoms with Crippen molar-refractivity contribution >= 4 is 16.9 Å². The van der Waals surface area contributed by atoms with Gasteiger partial charge >= 0.3 is 0 Å². The van der Waals surface area contributed by atoms with Crippen LogP contribution >= 0.6 is 0 Å². The third kappa shape index (κ3) is 2.59. The molecule has 23 heavy (non-hydrogen) atoms. The number of piperazine rings is 1. The first-order valence-corrected chi connectivity index (χ1v) is 8.28. The zero-order valence-electron chi connectivity index (χ0n) is 13.7. The van der Waals surface area contributed by atoms with E-state index in [4.69, 9.17) is 9.15 Å². The number of methoxy groups -OCH3 is 1. The molecule has 1 saturated carbocycles. The maximum atomic E-state index is 13.0. The Bertz CT molecular complexity index is 740. The Hall–Kier alpha value is -2.01. The number of hydrogen-bond acceptors (Lipinski definition) is 4. The molecule has 1 amide bonds. The third-order valence-corrected chi connectivity index (χ3v) is 4.95. The minimum atomic E-state index is 0.0740. The number of furan rings is 1. The summed E-state index contributed by atoms with van der Waals surface area (Å²) in [7, 11) is 1.63. The lowest BCUT2D eigenvalue weighted by Gasteiger charge is -2.34. The normalized spacial score (nSPS) is 19.3. The lowest BCUT2D eigenvalue weighted by Crippen LogP contribution is -2.49. The summed E-state index contributed by atoms with van der Waals surface area (Å²) in [4.78, 5) is 17.5. The molecule has 4 rings (SSSR count). The maximum absolute atomic E-state index is 13.0. The Morgan fingerprint density at radius 3 is 2.61 bits per heavy atom. The summed E-state index contributed by atoms with van der Waals surface area (Å²) in [6, 6.07) is 6.38. The second-order valence-corrected chi connectivity index (χ2v) is 6.45. The van der Waals surface area contributed by atoms with Crippen LogP contribution in [0.5, 0.6) is 5.75 Å². The summed E-state index contributed by atoms with van der Waals surface area (Å²) in [6.45, 7) is 5.42. The van der Waals surface area contributed by atoms with E-state index in [2.05, 4.69) is 4.90 Å². The number of hydrogen-bond donors (Lipinski definition) is 0. The van der Waals surface area contributed by atoms with Crippen molar-refractivity contribution in [3.05, 3.63) is 29.5 Å². The van der Waals surface area contributed by atoms with E-state index in [1.807, 2.05) is 30.0 Å². The summed E-state index contributed by atoms with van der Waals surface area (Å²) >= 11 is 0. The van der Waals surface area contributed by atoms with Crippen LogP contribution in [0.2, 0.25) is 0 Å². The van der Waals surface area contributed by atoms with Gasteiger partial charge in [0.1, 0.15) is 17.1 Å². The average Bonchev–Trinajstić information content (AvgIpc) is 3.36. The molecule has 0 radical (unpaired) electrons. The van der Waals surface area contributed by atoms with Gasteiger partial charge in [0.15, 0.2) is 0 Å². The van der Waals surface area contributed by atoms with Gasteiger partial charge in [-0.2, -0.15) is 0 Å². The summed E-state index contributed by atoms with van der Waals surface area (Å²) in [6.07, 6.45) is 2.64. The van der Waals surface area contributed by atoms with Crippen molar-refractivity contribution in [2.75, 3.05) is 33.3 Å². The molecule has 122 valence electrons. The Kier molecular flexibility index (Phi) is 3.53. The van der Waals surface area contributed by atoms with Crippen LogP contribution in [0.15, 0.2) is 22.6 Å². The summed E-state index contributed by atoms with van der Waals surface area (Å²) in [5, 5.41) is 0.844. The van der Waals surface area contributed by atoms with Gasteiger partial charge in [0.05, 0.1) is 12.7 Å². The van der Waals surface area contributed by atoms with Crippen LogP contribution in [0.1, 0.15) is 29.0 Å². The number of ether oxygens (including phenoxy) is 1. The Morgan fingerprint density at radius 1 is 1.22 bits per heavy atom. The molecular weight excluding hydrogens is 292 g/mol. The fraction of sp³-hybridized carbons (Fsp3) is 0.500. The number of aryl methyl sites for hydroxylation is 1. The zero-order valence-corrected chi connectivity index (χ0v) is 13.7. The third-order valence-electron chi connectivity index (χ3n) is 4.95. The topological polar surface area (TPSA) is 45.9 Å². The molecule has 0 atom stereocenters. The first-order valence-electron chi connectivity index (χ1n) is 8.28. The standard InChI is InChI=1S/C18H22N2O3/c1-12-17(15-11-14(22-2)5-6-16(15)23-12)18(21)20-9-7-19(8-10-20)13-3-4-13/h5-6,11,13H,3-4,7-10H2,1-2H3. The van der Waals surface area contributed by atoms with Gasteiger partial charge in [-0.05, 0) is 38.0 Å². The number of amides is 1. The molecule has 0 spiro atoms. The highest BCUT2D eigenvalue weighted by molar-refractivity contribution is 6.07. The van der Waals surface area contributed by atoms with Crippen molar-refractivity contribution in [1.29, 1.82) is 0 Å². The smallest absolute Gasteiger partial charge is 0.258 e. The van der Waals surface area contributed by atoms with Crippen molar-refractivity contribution < 1.29 is 13.9 Å². The van der Waals surface area contributed by atoms with Crippen LogP contribution in [-0.4, -0.2) is 55.0 Å². The van der Waals surface area contributed by atoms with E-state index in [0.717, 1.165) is 48.9 Å². The van der Waals surface area contributed by atoms with E-state index in [9.17, 15) is 4.79 Å². The van der Waals surface area contributed by atoms with Gasteiger partial charge in [0, 0.05) is 37.6 Å². The number of nitrogens with zero attached hydrogens (tertiary/aromatic N) is 2. The molecule has 1 aromatic heterocycles. The molecule has 2 heterocycles. The Labute approximate surface area is 135 Å². The molecule has 1 aromatic carbocycles. The van der Waals surface area contributed by atoms with Crippen LogP contribution in [-0.2, 0) is 0 Å². The molecule has 2 fully saturated rings. The molecule has 1 aliphatic heterocycles. The molecule has 1 aliphatic carbocycles. The van der Waals surface area contributed by atoms with Crippen LogP contribution in [0, 0.1) is 6.92 Å². The molecule has 0 unspecified atom stereocenters. The highest BCUT2D eigenvalue weighted by Gasteiger charge is 2.33. The van der Waals surface area contributed by atoms with E-state index in [-0.39, 0.29) is 5.91 Å². The maximum Gasteiger partial charge on any atom is 0.258 e. The molecule has 0 N–H and O–H groups in total. The van der Waals surface area contributed by atoms with Crippen LogP contribution in [0.4, 0.5) is 0 Å². The monoisotopic (exact) mass is 314 g/mol. The highest BCUT2D eigenvalue weighted by atomic mass is 16.5. The highest BCUT2D eigenvalue weighted by Crippen LogP contribution is 2.31. The van der Waals surface area contributed by atoms with Gasteiger partial charge in [-0.3, -0.25) is 9.69 Å². The van der Waals surface area contributed by atoms with Crippen LogP contribution in [0.3, 0.4) is 0 Å². The predicted octanol–water partition coefficient (Wildman–Crippen LogP) is 2.67.